The van der Waals surface area contributed by atoms with Crippen LogP contribution in [0.25, 0.3) is 0 Å². The highest BCUT2D eigenvalue weighted by Gasteiger charge is 2.27. The van der Waals surface area contributed by atoms with Crippen molar-refractivity contribution in [2.75, 3.05) is 13.1 Å². The number of nitrogens with zero attached hydrogens (tertiary/aromatic N) is 1. The van der Waals surface area contributed by atoms with Gasteiger partial charge in [0.15, 0.2) is 0 Å². The zero-order valence-corrected chi connectivity index (χ0v) is 11.5. The van der Waals surface area contributed by atoms with E-state index in [9.17, 15) is 9.59 Å². The molecular formula is C11H12BrNO3S. The first kappa shape index (κ1) is 12.6. The molecule has 1 saturated heterocycles. The van der Waals surface area contributed by atoms with Crippen LogP contribution in [0.2, 0.25) is 0 Å². The first-order chi connectivity index (χ1) is 8.08. The first-order valence-corrected chi connectivity index (χ1v) is 7.01. The number of thiophene rings is 1. The van der Waals surface area contributed by atoms with Crippen LogP contribution in [0, 0.1) is 5.92 Å². The van der Waals surface area contributed by atoms with Crippen LogP contribution >= 0.6 is 27.3 Å². The Morgan fingerprint density at radius 1 is 1.41 bits per heavy atom. The van der Waals surface area contributed by atoms with Crippen molar-refractivity contribution in [2.24, 2.45) is 5.92 Å². The molecule has 1 amide bonds. The lowest BCUT2D eigenvalue weighted by molar-refractivity contribution is -0.143. The minimum atomic E-state index is -0.754. The van der Waals surface area contributed by atoms with Gasteiger partial charge < -0.3 is 10.0 Å². The van der Waals surface area contributed by atoms with E-state index in [0.717, 1.165) is 3.79 Å². The van der Waals surface area contributed by atoms with Crippen molar-refractivity contribution in [3.05, 3.63) is 20.8 Å². The Kier molecular flexibility index (Phi) is 3.83. The second kappa shape index (κ2) is 5.18. The van der Waals surface area contributed by atoms with Gasteiger partial charge in [0.25, 0.3) is 5.91 Å². The molecule has 4 nitrogen and oxygen atoms in total. The lowest BCUT2D eigenvalue weighted by Gasteiger charge is -2.29. The molecule has 1 aromatic rings. The molecule has 0 spiro atoms. The fraction of sp³-hybridized carbons (Fsp3) is 0.455. The van der Waals surface area contributed by atoms with Gasteiger partial charge in [0.2, 0.25) is 0 Å². The maximum Gasteiger partial charge on any atom is 0.306 e. The highest BCUT2D eigenvalue weighted by Crippen LogP contribution is 2.24. The number of halogens is 1. The topological polar surface area (TPSA) is 57.6 Å². The highest BCUT2D eigenvalue weighted by atomic mass is 79.9. The van der Waals surface area contributed by atoms with Crippen molar-refractivity contribution in [2.45, 2.75) is 12.8 Å². The number of carboxylic acids is 1. The van der Waals surface area contributed by atoms with E-state index in [1.807, 2.05) is 5.38 Å². The average molecular weight is 318 g/mol. The van der Waals surface area contributed by atoms with Crippen LogP contribution in [0.1, 0.15) is 23.2 Å². The number of piperidine rings is 1. The molecule has 1 aromatic heterocycles. The number of likely N-dealkylation sites (tertiary alicyclic amines) is 1. The summed E-state index contributed by atoms with van der Waals surface area (Å²) in [6.07, 6.45) is 1.10. The first-order valence-electron chi connectivity index (χ1n) is 5.34. The molecule has 92 valence electrons. The van der Waals surface area contributed by atoms with Crippen molar-refractivity contribution in [3.8, 4) is 0 Å². The third kappa shape index (κ3) is 2.87. The molecule has 1 aliphatic heterocycles. The normalized spacial score (nSPS) is 17.1. The van der Waals surface area contributed by atoms with Crippen LogP contribution in [0.5, 0.6) is 0 Å². The fourth-order valence-electron chi connectivity index (χ4n) is 1.93. The quantitative estimate of drug-likeness (QED) is 0.911. The Morgan fingerprint density at radius 3 is 2.53 bits per heavy atom. The molecule has 1 aliphatic rings. The minimum Gasteiger partial charge on any atom is -0.481 e. The standard InChI is InChI=1S/C11H12BrNO3S/c12-9-5-8(6-17-9)10(14)13-3-1-7(2-4-13)11(15)16/h5-7H,1-4H2,(H,15,16). The largest absolute Gasteiger partial charge is 0.481 e. The summed E-state index contributed by atoms with van der Waals surface area (Å²) in [6, 6.07) is 1.80. The van der Waals surface area contributed by atoms with Gasteiger partial charge in [-0.1, -0.05) is 0 Å². The summed E-state index contributed by atoms with van der Waals surface area (Å²) in [5.41, 5.74) is 0.677. The zero-order chi connectivity index (χ0) is 12.4. The molecule has 0 bridgehead atoms. The number of hydrogen-bond acceptors (Lipinski definition) is 3. The SMILES string of the molecule is O=C(O)C1CCN(C(=O)c2csc(Br)c2)CC1. The van der Waals surface area contributed by atoms with Crippen LogP contribution in [0.15, 0.2) is 15.2 Å². The Balaban J connectivity index is 1.97. The molecule has 1 N–H and O–H groups in total. The predicted octanol–water partition coefficient (Wildman–Crippen LogP) is 2.45. The summed E-state index contributed by atoms with van der Waals surface area (Å²) in [7, 11) is 0. The zero-order valence-electron chi connectivity index (χ0n) is 9.06. The fourth-order valence-corrected chi connectivity index (χ4v) is 3.06. The Labute approximate surface area is 111 Å². The van der Waals surface area contributed by atoms with E-state index in [4.69, 9.17) is 5.11 Å². The van der Waals surface area contributed by atoms with Gasteiger partial charge in [0.1, 0.15) is 0 Å². The number of amides is 1. The Hall–Kier alpha value is -0.880. The molecule has 2 heterocycles. The number of rotatable bonds is 2. The number of carboxylic acid groups (broad SMARTS) is 1. The molecule has 0 aliphatic carbocycles. The van der Waals surface area contributed by atoms with Gasteiger partial charge in [-0.3, -0.25) is 9.59 Å². The van der Waals surface area contributed by atoms with Gasteiger partial charge in [-0.25, -0.2) is 0 Å². The summed E-state index contributed by atoms with van der Waals surface area (Å²) < 4.78 is 0.932. The van der Waals surface area contributed by atoms with Crippen molar-refractivity contribution < 1.29 is 14.7 Å². The molecule has 0 saturated carbocycles. The van der Waals surface area contributed by atoms with Gasteiger partial charge in [-0.2, -0.15) is 0 Å². The third-order valence-corrected chi connectivity index (χ3v) is 4.45. The molecule has 17 heavy (non-hydrogen) atoms. The molecule has 0 radical (unpaired) electrons. The molecule has 2 rings (SSSR count). The van der Waals surface area contributed by atoms with Gasteiger partial charge >= 0.3 is 5.97 Å². The van der Waals surface area contributed by atoms with Crippen molar-refractivity contribution in [1.29, 1.82) is 0 Å². The number of hydrogen-bond donors (Lipinski definition) is 1. The van der Waals surface area contributed by atoms with E-state index < -0.39 is 5.97 Å². The van der Waals surface area contributed by atoms with Crippen molar-refractivity contribution >= 4 is 39.1 Å². The molecule has 0 atom stereocenters. The van der Waals surface area contributed by atoms with E-state index >= 15 is 0 Å². The Bertz CT molecular complexity index is 438. The molecular weight excluding hydrogens is 306 g/mol. The van der Waals surface area contributed by atoms with Gasteiger partial charge in [0.05, 0.1) is 15.3 Å². The summed E-state index contributed by atoms with van der Waals surface area (Å²) in [5, 5.41) is 10.7. The third-order valence-electron chi connectivity index (χ3n) is 2.95. The minimum absolute atomic E-state index is 0.00390. The van der Waals surface area contributed by atoms with E-state index in [1.165, 1.54) is 11.3 Å². The average Bonchev–Trinajstić information content (AvgIpc) is 2.75. The maximum atomic E-state index is 12.1. The number of carbonyl (C=O) groups is 2. The number of carbonyl (C=O) groups excluding carboxylic acids is 1. The summed E-state index contributed by atoms with van der Waals surface area (Å²) in [5.74, 6) is -1.06. The second-order valence-corrected chi connectivity index (χ2v) is 6.33. The van der Waals surface area contributed by atoms with Crippen LogP contribution < -0.4 is 0 Å². The van der Waals surface area contributed by atoms with Crippen LogP contribution in [0.4, 0.5) is 0 Å². The van der Waals surface area contributed by atoms with Crippen molar-refractivity contribution in [3.63, 3.8) is 0 Å². The molecule has 6 heteroatoms. The summed E-state index contributed by atoms with van der Waals surface area (Å²) in [6.45, 7) is 1.06. The van der Waals surface area contributed by atoms with Gasteiger partial charge in [0, 0.05) is 18.5 Å². The summed E-state index contributed by atoms with van der Waals surface area (Å²) in [4.78, 5) is 24.6. The van der Waals surface area contributed by atoms with Gasteiger partial charge in [-0.05, 0) is 34.8 Å². The van der Waals surface area contributed by atoms with Crippen LogP contribution in [-0.4, -0.2) is 35.0 Å². The van der Waals surface area contributed by atoms with E-state index in [0.29, 0.717) is 31.5 Å². The summed E-state index contributed by atoms with van der Waals surface area (Å²) >= 11 is 4.80. The van der Waals surface area contributed by atoms with Crippen LogP contribution in [-0.2, 0) is 4.79 Å². The smallest absolute Gasteiger partial charge is 0.306 e. The van der Waals surface area contributed by atoms with E-state index in [2.05, 4.69) is 15.9 Å². The monoisotopic (exact) mass is 317 g/mol. The van der Waals surface area contributed by atoms with Crippen LogP contribution in [0.3, 0.4) is 0 Å². The van der Waals surface area contributed by atoms with Crippen molar-refractivity contribution in [1.82, 2.24) is 4.90 Å². The Morgan fingerprint density at radius 2 is 2.06 bits per heavy atom. The second-order valence-electron chi connectivity index (χ2n) is 4.04. The number of aliphatic carboxylic acids is 1. The molecule has 0 unspecified atom stereocenters. The lowest BCUT2D eigenvalue weighted by Crippen LogP contribution is -2.40. The molecule has 0 aromatic carbocycles. The maximum absolute atomic E-state index is 12.1. The predicted molar refractivity (Wildman–Crippen MR) is 68.3 cm³/mol. The van der Waals surface area contributed by atoms with E-state index in [-0.39, 0.29) is 11.8 Å². The highest BCUT2D eigenvalue weighted by molar-refractivity contribution is 9.11. The van der Waals surface area contributed by atoms with E-state index in [1.54, 1.807) is 11.0 Å². The van der Waals surface area contributed by atoms with Gasteiger partial charge in [-0.15, -0.1) is 11.3 Å². The molecule has 1 fully saturated rings. The lowest BCUT2D eigenvalue weighted by atomic mass is 9.97.